The van der Waals surface area contributed by atoms with Crippen LogP contribution in [0.5, 0.6) is 0 Å². The molecule has 0 radical (unpaired) electrons. The highest BCUT2D eigenvalue weighted by Crippen LogP contribution is 2.23. The SMILES string of the molecule is CC(=O)N1CCN(CCCc2ccc(CN(CC(C)(C)C)c3ccnc(N)n3)cc2)CC1. The number of amides is 1. The van der Waals surface area contributed by atoms with Gasteiger partial charge in [0.1, 0.15) is 5.82 Å². The third kappa shape index (κ3) is 7.48. The van der Waals surface area contributed by atoms with Gasteiger partial charge in [-0.25, -0.2) is 4.98 Å². The Labute approximate surface area is 192 Å². The summed E-state index contributed by atoms with van der Waals surface area (Å²) in [5, 5.41) is 0. The number of rotatable bonds is 8. The van der Waals surface area contributed by atoms with Gasteiger partial charge in [0.05, 0.1) is 0 Å². The quantitative estimate of drug-likeness (QED) is 0.682. The van der Waals surface area contributed by atoms with Crippen LogP contribution in [0.2, 0.25) is 0 Å². The van der Waals surface area contributed by atoms with Crippen LogP contribution in [0.25, 0.3) is 0 Å². The number of hydrogen-bond acceptors (Lipinski definition) is 6. The van der Waals surface area contributed by atoms with Crippen molar-refractivity contribution in [3.05, 3.63) is 47.7 Å². The van der Waals surface area contributed by atoms with Crippen molar-refractivity contribution >= 4 is 17.7 Å². The van der Waals surface area contributed by atoms with E-state index in [2.05, 4.69) is 64.8 Å². The van der Waals surface area contributed by atoms with Gasteiger partial charge in [-0.15, -0.1) is 0 Å². The van der Waals surface area contributed by atoms with Crippen molar-refractivity contribution in [2.75, 3.05) is 49.9 Å². The number of piperazine rings is 1. The zero-order chi connectivity index (χ0) is 23.1. The minimum Gasteiger partial charge on any atom is -0.368 e. The van der Waals surface area contributed by atoms with Crippen LogP contribution >= 0.6 is 0 Å². The van der Waals surface area contributed by atoms with Crippen molar-refractivity contribution in [1.82, 2.24) is 19.8 Å². The monoisotopic (exact) mass is 438 g/mol. The summed E-state index contributed by atoms with van der Waals surface area (Å²) < 4.78 is 0. The Morgan fingerprint density at radius 3 is 2.31 bits per heavy atom. The maximum Gasteiger partial charge on any atom is 0.221 e. The minimum atomic E-state index is 0.134. The molecule has 1 aromatic carbocycles. The molecule has 3 rings (SSSR count). The highest BCUT2D eigenvalue weighted by Gasteiger charge is 2.19. The molecule has 7 heteroatoms. The molecule has 0 spiro atoms. The summed E-state index contributed by atoms with van der Waals surface area (Å²) in [7, 11) is 0. The topological polar surface area (TPSA) is 78.6 Å². The summed E-state index contributed by atoms with van der Waals surface area (Å²) in [6.45, 7) is 14.8. The molecule has 1 aromatic heterocycles. The number of carbonyl (C=O) groups excluding carboxylic acids is 1. The molecule has 0 aliphatic carbocycles. The molecule has 32 heavy (non-hydrogen) atoms. The Bertz CT molecular complexity index is 869. The highest BCUT2D eigenvalue weighted by molar-refractivity contribution is 5.73. The largest absolute Gasteiger partial charge is 0.368 e. The molecule has 7 nitrogen and oxygen atoms in total. The molecule has 0 atom stereocenters. The third-order valence-corrected chi connectivity index (χ3v) is 5.80. The average molecular weight is 439 g/mol. The summed E-state index contributed by atoms with van der Waals surface area (Å²) in [4.78, 5) is 26.6. The van der Waals surface area contributed by atoms with Crippen LogP contribution in [0.1, 0.15) is 45.2 Å². The van der Waals surface area contributed by atoms with Gasteiger partial charge in [-0.3, -0.25) is 9.69 Å². The number of carbonyl (C=O) groups is 1. The number of benzene rings is 1. The van der Waals surface area contributed by atoms with Crippen molar-refractivity contribution in [2.45, 2.75) is 47.1 Å². The van der Waals surface area contributed by atoms with Crippen LogP contribution in [0.4, 0.5) is 11.8 Å². The summed E-state index contributed by atoms with van der Waals surface area (Å²) >= 11 is 0. The van der Waals surface area contributed by atoms with Crippen molar-refractivity contribution in [1.29, 1.82) is 0 Å². The maximum absolute atomic E-state index is 11.5. The number of aryl methyl sites for hydroxylation is 1. The zero-order valence-electron chi connectivity index (χ0n) is 20.0. The van der Waals surface area contributed by atoms with E-state index < -0.39 is 0 Å². The Hall–Kier alpha value is -2.67. The molecule has 1 saturated heterocycles. The first-order chi connectivity index (χ1) is 15.2. The van der Waals surface area contributed by atoms with Gasteiger partial charge in [0.2, 0.25) is 11.9 Å². The number of anilines is 2. The van der Waals surface area contributed by atoms with Gasteiger partial charge in [0, 0.05) is 52.4 Å². The highest BCUT2D eigenvalue weighted by atomic mass is 16.2. The molecular formula is C25H38N6O. The van der Waals surface area contributed by atoms with Gasteiger partial charge >= 0.3 is 0 Å². The predicted molar refractivity (Wildman–Crippen MR) is 130 cm³/mol. The summed E-state index contributed by atoms with van der Waals surface area (Å²) in [5.74, 6) is 1.36. The molecule has 1 aliphatic rings. The maximum atomic E-state index is 11.5. The first-order valence-electron chi connectivity index (χ1n) is 11.6. The van der Waals surface area contributed by atoms with E-state index >= 15 is 0 Å². The lowest BCUT2D eigenvalue weighted by molar-refractivity contribution is -0.130. The first kappa shape index (κ1) is 24.0. The van der Waals surface area contributed by atoms with Crippen molar-refractivity contribution < 1.29 is 4.79 Å². The molecule has 0 unspecified atom stereocenters. The lowest BCUT2D eigenvalue weighted by atomic mass is 9.95. The second kappa shape index (κ2) is 10.8. The van der Waals surface area contributed by atoms with Crippen LogP contribution in [0.15, 0.2) is 36.5 Å². The van der Waals surface area contributed by atoms with Gasteiger partial charge in [0.25, 0.3) is 0 Å². The van der Waals surface area contributed by atoms with Gasteiger partial charge in [-0.1, -0.05) is 45.0 Å². The van der Waals surface area contributed by atoms with E-state index in [-0.39, 0.29) is 11.3 Å². The van der Waals surface area contributed by atoms with Crippen LogP contribution in [0, 0.1) is 5.41 Å². The fourth-order valence-electron chi connectivity index (χ4n) is 4.16. The molecule has 2 N–H and O–H groups in total. The smallest absolute Gasteiger partial charge is 0.221 e. The molecule has 0 bridgehead atoms. The fourth-order valence-corrected chi connectivity index (χ4v) is 4.16. The second-order valence-corrected chi connectivity index (χ2v) is 9.96. The molecule has 2 aromatic rings. The van der Waals surface area contributed by atoms with Crippen LogP contribution in [0.3, 0.4) is 0 Å². The zero-order valence-corrected chi connectivity index (χ0v) is 20.0. The Morgan fingerprint density at radius 1 is 1.06 bits per heavy atom. The lowest BCUT2D eigenvalue weighted by Gasteiger charge is -2.34. The van der Waals surface area contributed by atoms with E-state index in [0.29, 0.717) is 5.95 Å². The number of nitrogen functional groups attached to an aromatic ring is 1. The molecular weight excluding hydrogens is 400 g/mol. The third-order valence-electron chi connectivity index (χ3n) is 5.80. The van der Waals surface area contributed by atoms with Crippen LogP contribution in [-0.2, 0) is 17.8 Å². The minimum absolute atomic E-state index is 0.134. The molecule has 1 aliphatic heterocycles. The van der Waals surface area contributed by atoms with Gasteiger partial charge in [-0.05, 0) is 42.0 Å². The summed E-state index contributed by atoms with van der Waals surface area (Å²) in [6, 6.07) is 10.9. The van der Waals surface area contributed by atoms with Gasteiger partial charge in [0.15, 0.2) is 0 Å². The first-order valence-corrected chi connectivity index (χ1v) is 11.6. The van der Waals surface area contributed by atoms with E-state index in [0.717, 1.165) is 64.5 Å². The van der Waals surface area contributed by atoms with Crippen LogP contribution < -0.4 is 10.6 Å². The van der Waals surface area contributed by atoms with Crippen molar-refractivity contribution in [3.8, 4) is 0 Å². The number of nitrogens with two attached hydrogens (primary N) is 1. The van der Waals surface area contributed by atoms with E-state index in [1.165, 1.54) is 11.1 Å². The number of hydrogen-bond donors (Lipinski definition) is 1. The average Bonchev–Trinajstić information content (AvgIpc) is 2.74. The van der Waals surface area contributed by atoms with E-state index in [9.17, 15) is 4.79 Å². The Kier molecular flexibility index (Phi) is 8.07. The van der Waals surface area contributed by atoms with E-state index in [1.54, 1.807) is 13.1 Å². The molecule has 174 valence electrons. The number of nitrogens with zero attached hydrogens (tertiary/aromatic N) is 5. The van der Waals surface area contributed by atoms with Gasteiger partial charge < -0.3 is 15.5 Å². The molecule has 1 amide bonds. The van der Waals surface area contributed by atoms with E-state index in [4.69, 9.17) is 5.73 Å². The molecule has 1 fully saturated rings. The second-order valence-electron chi connectivity index (χ2n) is 9.96. The van der Waals surface area contributed by atoms with Crippen LogP contribution in [-0.4, -0.2) is 64.9 Å². The predicted octanol–water partition coefficient (Wildman–Crippen LogP) is 3.21. The summed E-state index contributed by atoms with van der Waals surface area (Å²) in [5.41, 5.74) is 8.58. The van der Waals surface area contributed by atoms with Crippen molar-refractivity contribution in [3.63, 3.8) is 0 Å². The van der Waals surface area contributed by atoms with Gasteiger partial charge in [-0.2, -0.15) is 4.98 Å². The normalized spacial score (nSPS) is 15.1. The lowest BCUT2D eigenvalue weighted by Crippen LogP contribution is -2.48. The Balaban J connectivity index is 1.52. The van der Waals surface area contributed by atoms with E-state index in [1.807, 2.05) is 11.0 Å². The molecule has 0 saturated carbocycles. The number of aromatic nitrogens is 2. The summed E-state index contributed by atoms with van der Waals surface area (Å²) in [6.07, 6.45) is 3.92. The Morgan fingerprint density at radius 2 is 1.72 bits per heavy atom. The van der Waals surface area contributed by atoms with Crippen molar-refractivity contribution in [2.24, 2.45) is 5.41 Å². The fraction of sp³-hybridized carbons (Fsp3) is 0.560. The standard InChI is InChI=1S/C25H38N6O/c1-20(32)30-16-14-29(15-17-30)13-5-6-21-7-9-22(10-8-21)18-31(19-25(2,3)4)23-11-12-27-24(26)28-23/h7-12H,5-6,13-19H2,1-4H3,(H2,26,27,28). The molecule has 2 heterocycles.